The van der Waals surface area contributed by atoms with E-state index in [1.165, 1.54) is 17.8 Å². The van der Waals surface area contributed by atoms with Gasteiger partial charge in [-0.3, -0.25) is 14.9 Å². The molecule has 0 fully saturated rings. The van der Waals surface area contributed by atoms with E-state index >= 15 is 0 Å². The molecule has 0 bridgehead atoms. The Morgan fingerprint density at radius 3 is 2.52 bits per heavy atom. The van der Waals surface area contributed by atoms with Crippen molar-refractivity contribution >= 4 is 35.6 Å². The van der Waals surface area contributed by atoms with Crippen molar-refractivity contribution in [2.24, 2.45) is 0 Å². The lowest BCUT2D eigenvalue weighted by Gasteiger charge is -2.10. The van der Waals surface area contributed by atoms with E-state index in [1.807, 2.05) is 5.32 Å². The van der Waals surface area contributed by atoms with Crippen molar-refractivity contribution in [1.82, 2.24) is 16.0 Å². The van der Waals surface area contributed by atoms with Crippen LogP contribution in [0.3, 0.4) is 0 Å². The third-order valence-corrected chi connectivity index (χ3v) is 4.09. The maximum Gasteiger partial charge on any atom is 0.339 e. The molecule has 4 amide bonds. The molecule has 3 N–H and O–H groups in total. The van der Waals surface area contributed by atoms with Crippen LogP contribution in [0.25, 0.3) is 0 Å². The molecule has 0 aliphatic heterocycles. The first-order valence-corrected chi connectivity index (χ1v) is 9.18. The number of amides is 4. The Bertz CT molecular complexity index is 668. The van der Waals surface area contributed by atoms with Crippen molar-refractivity contribution in [2.45, 2.75) is 11.8 Å². The van der Waals surface area contributed by atoms with E-state index in [1.54, 1.807) is 32.2 Å². The number of hydrogen-bond donors (Lipinski definition) is 3. The number of esters is 1. The first-order valence-electron chi connectivity index (χ1n) is 8.20. The molecule has 0 unspecified atom stereocenters. The zero-order chi connectivity index (χ0) is 20.1. The number of carbonyl (C=O) groups is 4. The SMILES string of the molecule is CCNC(=O)NC(=O)COC(=O)c1ccccc1SCC(=O)NCCOC. The lowest BCUT2D eigenvalue weighted by atomic mass is 10.2. The van der Waals surface area contributed by atoms with Gasteiger partial charge in [0.05, 0.1) is 17.9 Å². The fourth-order valence-electron chi connectivity index (χ4n) is 1.82. The van der Waals surface area contributed by atoms with E-state index in [0.29, 0.717) is 24.6 Å². The van der Waals surface area contributed by atoms with E-state index in [0.717, 1.165) is 0 Å². The van der Waals surface area contributed by atoms with Crippen molar-refractivity contribution < 1.29 is 28.7 Å². The molecule has 0 spiro atoms. The van der Waals surface area contributed by atoms with Crippen LogP contribution >= 0.6 is 11.8 Å². The lowest BCUT2D eigenvalue weighted by Crippen LogP contribution is -2.41. The zero-order valence-corrected chi connectivity index (χ0v) is 16.0. The largest absolute Gasteiger partial charge is 0.452 e. The zero-order valence-electron chi connectivity index (χ0n) is 15.2. The molecule has 10 heteroatoms. The Labute approximate surface area is 161 Å². The maximum absolute atomic E-state index is 12.2. The van der Waals surface area contributed by atoms with E-state index in [-0.39, 0.29) is 17.2 Å². The highest BCUT2D eigenvalue weighted by Gasteiger charge is 2.16. The first-order chi connectivity index (χ1) is 13.0. The summed E-state index contributed by atoms with van der Waals surface area (Å²) in [5.41, 5.74) is 0.234. The van der Waals surface area contributed by atoms with Crippen LogP contribution < -0.4 is 16.0 Å². The minimum atomic E-state index is -0.739. The van der Waals surface area contributed by atoms with Crippen LogP contribution in [0, 0.1) is 0 Å². The highest BCUT2D eigenvalue weighted by molar-refractivity contribution is 8.00. The smallest absolute Gasteiger partial charge is 0.339 e. The fourth-order valence-corrected chi connectivity index (χ4v) is 2.69. The summed E-state index contributed by atoms with van der Waals surface area (Å²) in [4.78, 5) is 47.3. The predicted molar refractivity (Wildman–Crippen MR) is 99.5 cm³/mol. The van der Waals surface area contributed by atoms with Crippen LogP contribution in [0.2, 0.25) is 0 Å². The summed E-state index contributed by atoms with van der Waals surface area (Å²) in [6.45, 7) is 2.30. The molecule has 0 aliphatic carbocycles. The molecule has 0 heterocycles. The lowest BCUT2D eigenvalue weighted by molar-refractivity contribution is -0.123. The summed E-state index contributed by atoms with van der Waals surface area (Å²) < 4.78 is 9.78. The van der Waals surface area contributed by atoms with Gasteiger partial charge in [0.15, 0.2) is 6.61 Å². The maximum atomic E-state index is 12.2. The number of rotatable bonds is 10. The van der Waals surface area contributed by atoms with Crippen LogP contribution in [0.15, 0.2) is 29.2 Å². The topological polar surface area (TPSA) is 123 Å². The molecular formula is C17H23N3O6S. The Kier molecular flexibility index (Phi) is 10.6. The number of benzene rings is 1. The normalized spacial score (nSPS) is 10.0. The van der Waals surface area contributed by atoms with Gasteiger partial charge < -0.3 is 20.1 Å². The second kappa shape index (κ2) is 12.7. The van der Waals surface area contributed by atoms with Crippen molar-refractivity contribution in [3.05, 3.63) is 29.8 Å². The van der Waals surface area contributed by atoms with Gasteiger partial charge in [0.2, 0.25) is 5.91 Å². The molecular weight excluding hydrogens is 374 g/mol. The van der Waals surface area contributed by atoms with Gasteiger partial charge in [-0.05, 0) is 19.1 Å². The van der Waals surface area contributed by atoms with Gasteiger partial charge in [-0.1, -0.05) is 12.1 Å². The third kappa shape index (κ3) is 9.06. The standard InChI is InChI=1S/C17H23N3O6S/c1-3-18-17(24)20-14(21)10-26-16(23)12-6-4-5-7-13(12)27-11-15(22)19-8-9-25-2/h4-7H,3,8-11H2,1-2H3,(H,19,22)(H2,18,20,21,24). The Morgan fingerprint density at radius 2 is 1.81 bits per heavy atom. The highest BCUT2D eigenvalue weighted by Crippen LogP contribution is 2.23. The average molecular weight is 397 g/mol. The number of methoxy groups -OCH3 is 1. The number of imide groups is 1. The Balaban J connectivity index is 2.54. The second-order valence-corrected chi connectivity index (χ2v) is 6.13. The molecule has 148 valence electrons. The Hall–Kier alpha value is -2.59. The van der Waals surface area contributed by atoms with E-state index in [4.69, 9.17) is 9.47 Å². The molecule has 1 aromatic rings. The minimum absolute atomic E-state index is 0.117. The molecule has 0 aliphatic rings. The van der Waals surface area contributed by atoms with Crippen LogP contribution in [0.4, 0.5) is 4.79 Å². The summed E-state index contributed by atoms with van der Waals surface area (Å²) in [5.74, 6) is -1.53. The third-order valence-electron chi connectivity index (χ3n) is 3.02. The molecule has 0 aromatic heterocycles. The first kappa shape index (κ1) is 22.5. The molecule has 27 heavy (non-hydrogen) atoms. The van der Waals surface area contributed by atoms with Crippen molar-refractivity contribution in [1.29, 1.82) is 0 Å². The quantitative estimate of drug-likeness (QED) is 0.299. The number of thioether (sulfide) groups is 1. The second-order valence-electron chi connectivity index (χ2n) is 5.11. The van der Waals surface area contributed by atoms with E-state index in [9.17, 15) is 19.2 Å². The fraction of sp³-hybridized carbons (Fsp3) is 0.412. The summed E-state index contributed by atoms with van der Waals surface area (Å²) in [6, 6.07) is 5.93. The van der Waals surface area contributed by atoms with E-state index in [2.05, 4.69) is 10.6 Å². The number of nitrogens with one attached hydrogen (secondary N) is 3. The van der Waals surface area contributed by atoms with Gasteiger partial charge in [0.25, 0.3) is 5.91 Å². The minimum Gasteiger partial charge on any atom is -0.452 e. The molecule has 0 radical (unpaired) electrons. The van der Waals surface area contributed by atoms with Crippen LogP contribution in [0.5, 0.6) is 0 Å². The number of hydrogen-bond acceptors (Lipinski definition) is 7. The van der Waals surface area contributed by atoms with Gasteiger partial charge in [-0.2, -0.15) is 0 Å². The Morgan fingerprint density at radius 1 is 1.07 bits per heavy atom. The molecule has 1 rings (SSSR count). The van der Waals surface area contributed by atoms with Gasteiger partial charge in [-0.25, -0.2) is 9.59 Å². The highest BCUT2D eigenvalue weighted by atomic mass is 32.2. The predicted octanol–water partition coefficient (Wildman–Crippen LogP) is 0.544. The van der Waals surface area contributed by atoms with Crippen molar-refractivity contribution in [3.63, 3.8) is 0 Å². The summed E-state index contributed by atoms with van der Waals surface area (Å²) in [6.07, 6.45) is 0. The number of urea groups is 1. The van der Waals surface area contributed by atoms with Crippen LogP contribution in [-0.2, 0) is 19.1 Å². The average Bonchev–Trinajstić information content (AvgIpc) is 2.65. The number of ether oxygens (including phenoxy) is 2. The summed E-state index contributed by atoms with van der Waals surface area (Å²) in [5, 5.41) is 7.10. The monoisotopic (exact) mass is 397 g/mol. The van der Waals surface area contributed by atoms with Crippen LogP contribution in [-0.4, -0.2) is 63.0 Å². The van der Waals surface area contributed by atoms with Gasteiger partial charge in [-0.15, -0.1) is 11.8 Å². The molecule has 9 nitrogen and oxygen atoms in total. The molecule has 0 atom stereocenters. The van der Waals surface area contributed by atoms with Gasteiger partial charge in [0, 0.05) is 25.1 Å². The summed E-state index contributed by atoms with van der Waals surface area (Å²) in [7, 11) is 1.54. The molecule has 1 aromatic carbocycles. The van der Waals surface area contributed by atoms with Gasteiger partial charge >= 0.3 is 12.0 Å². The van der Waals surface area contributed by atoms with Gasteiger partial charge in [0.1, 0.15) is 0 Å². The molecule has 0 saturated heterocycles. The van der Waals surface area contributed by atoms with Crippen molar-refractivity contribution in [3.8, 4) is 0 Å². The summed E-state index contributed by atoms with van der Waals surface area (Å²) >= 11 is 1.17. The van der Waals surface area contributed by atoms with E-state index < -0.39 is 24.5 Å². The molecule has 0 saturated carbocycles. The van der Waals surface area contributed by atoms with Crippen molar-refractivity contribution in [2.75, 3.05) is 39.2 Å². The van der Waals surface area contributed by atoms with Crippen LogP contribution in [0.1, 0.15) is 17.3 Å². The number of carbonyl (C=O) groups excluding carboxylic acids is 4.